The standard InChI is InChI=1S/C13H11N2.C5H5.Fe/c14-9-12-7-3-4-8-13(12)15-10-11-5-1-2-6-11;1-2-4-5-3-1;/h1-8,15H,10H2;1-5H;/q2*-1;+2. The Morgan fingerprint density at radius 2 is 1.67 bits per heavy atom. The van der Waals surface area contributed by atoms with E-state index in [0.29, 0.717) is 5.56 Å². The molecule has 1 N–H and O–H groups in total. The first-order valence-corrected chi connectivity index (χ1v) is 6.50. The number of para-hydroxylation sites is 1. The van der Waals surface area contributed by atoms with Gasteiger partial charge in [0.1, 0.15) is 6.07 Å². The van der Waals surface area contributed by atoms with Crippen molar-refractivity contribution in [3.63, 3.8) is 0 Å². The first kappa shape index (κ1) is 16.8. The summed E-state index contributed by atoms with van der Waals surface area (Å²) in [6.45, 7) is 0.756. The van der Waals surface area contributed by atoms with Crippen molar-refractivity contribution in [2.24, 2.45) is 0 Å². The molecular weight excluding hydrogens is 300 g/mol. The van der Waals surface area contributed by atoms with E-state index in [2.05, 4.69) is 23.5 Å². The normalized spacial score (nSPS) is 8.71. The third-order valence-corrected chi connectivity index (χ3v) is 2.82. The largest absolute Gasteiger partial charge is 2.00 e. The molecule has 0 unspecified atom stereocenters. The number of rotatable bonds is 3. The van der Waals surface area contributed by atoms with Crippen molar-refractivity contribution in [3.8, 4) is 6.07 Å². The maximum Gasteiger partial charge on any atom is 2.00 e. The number of anilines is 1. The molecule has 0 spiro atoms. The number of benzene rings is 1. The second kappa shape index (κ2) is 9.60. The third-order valence-electron chi connectivity index (χ3n) is 2.82. The summed E-state index contributed by atoms with van der Waals surface area (Å²) in [4.78, 5) is 0. The Hall–Kier alpha value is -2.27. The molecule has 0 aromatic heterocycles. The molecule has 21 heavy (non-hydrogen) atoms. The van der Waals surface area contributed by atoms with Gasteiger partial charge in [0, 0.05) is 0 Å². The Morgan fingerprint density at radius 1 is 1.00 bits per heavy atom. The van der Waals surface area contributed by atoms with Crippen molar-refractivity contribution < 1.29 is 17.1 Å². The van der Waals surface area contributed by atoms with Crippen LogP contribution in [-0.2, 0) is 23.6 Å². The first-order chi connectivity index (χ1) is 9.90. The van der Waals surface area contributed by atoms with Gasteiger partial charge in [0.2, 0.25) is 0 Å². The van der Waals surface area contributed by atoms with Gasteiger partial charge in [-0.1, -0.05) is 12.1 Å². The SMILES string of the molecule is N#Cc1ccccc1NC[c-]1cccc1.[Fe+2].c1cc[cH-]c1. The van der Waals surface area contributed by atoms with Crippen LogP contribution >= 0.6 is 0 Å². The average molecular weight is 316 g/mol. The van der Waals surface area contributed by atoms with Gasteiger partial charge in [0.15, 0.2) is 0 Å². The van der Waals surface area contributed by atoms with Crippen LogP contribution in [0.4, 0.5) is 5.69 Å². The minimum atomic E-state index is 0. The number of nitrogens with zero attached hydrogens (tertiary/aromatic N) is 1. The Balaban J connectivity index is 0.000000313. The molecule has 0 fully saturated rings. The van der Waals surface area contributed by atoms with Crippen LogP contribution in [-0.4, -0.2) is 0 Å². The number of nitrogens with one attached hydrogen (secondary N) is 1. The van der Waals surface area contributed by atoms with Crippen LogP contribution in [0.3, 0.4) is 0 Å². The molecule has 3 rings (SSSR count). The summed E-state index contributed by atoms with van der Waals surface area (Å²) in [5.74, 6) is 0. The Labute approximate surface area is 136 Å². The molecule has 3 heteroatoms. The van der Waals surface area contributed by atoms with Crippen molar-refractivity contribution in [1.29, 1.82) is 5.26 Å². The van der Waals surface area contributed by atoms with Crippen LogP contribution in [0.15, 0.2) is 78.9 Å². The Kier molecular flexibility index (Phi) is 7.68. The average Bonchev–Trinajstić information content (AvgIpc) is 3.21. The maximum atomic E-state index is 8.89. The smallest absolute Gasteiger partial charge is 0.391 e. The quantitative estimate of drug-likeness (QED) is 0.578. The van der Waals surface area contributed by atoms with E-state index in [4.69, 9.17) is 5.26 Å². The summed E-state index contributed by atoms with van der Waals surface area (Å²) >= 11 is 0. The maximum absolute atomic E-state index is 8.89. The molecule has 0 aliphatic heterocycles. The van der Waals surface area contributed by atoms with Gasteiger partial charge in [-0.25, -0.2) is 24.3 Å². The van der Waals surface area contributed by atoms with Crippen LogP contribution in [0.2, 0.25) is 0 Å². The third kappa shape index (κ3) is 5.70. The summed E-state index contributed by atoms with van der Waals surface area (Å²) in [7, 11) is 0. The molecule has 0 bridgehead atoms. The topological polar surface area (TPSA) is 35.8 Å². The molecule has 0 aliphatic carbocycles. The van der Waals surface area contributed by atoms with Crippen LogP contribution in [0.5, 0.6) is 0 Å². The monoisotopic (exact) mass is 316 g/mol. The van der Waals surface area contributed by atoms with Gasteiger partial charge in [0.25, 0.3) is 0 Å². The second-order valence-corrected chi connectivity index (χ2v) is 4.27. The van der Waals surface area contributed by atoms with Gasteiger partial charge in [0.05, 0.1) is 11.3 Å². The summed E-state index contributed by atoms with van der Waals surface area (Å²) in [6.07, 6.45) is 0. The Bertz CT molecular complexity index is 617. The summed E-state index contributed by atoms with van der Waals surface area (Å²) in [5, 5.41) is 12.1. The minimum absolute atomic E-state index is 0. The zero-order chi connectivity index (χ0) is 14.0. The molecule has 0 radical (unpaired) electrons. The van der Waals surface area contributed by atoms with E-state index in [9.17, 15) is 0 Å². The van der Waals surface area contributed by atoms with Crippen molar-refractivity contribution in [2.75, 3.05) is 5.32 Å². The fourth-order valence-electron chi connectivity index (χ4n) is 1.78. The van der Waals surface area contributed by atoms with Gasteiger partial charge in [-0.05, 0) is 18.7 Å². The van der Waals surface area contributed by atoms with Crippen molar-refractivity contribution in [1.82, 2.24) is 0 Å². The minimum Gasteiger partial charge on any atom is -0.391 e. The van der Waals surface area contributed by atoms with Crippen LogP contribution in [0.1, 0.15) is 11.1 Å². The zero-order valence-electron chi connectivity index (χ0n) is 11.5. The first-order valence-electron chi connectivity index (χ1n) is 6.50. The molecule has 2 nitrogen and oxygen atoms in total. The van der Waals surface area contributed by atoms with E-state index < -0.39 is 0 Å². The molecule has 0 saturated heterocycles. The van der Waals surface area contributed by atoms with Gasteiger partial charge < -0.3 is 5.32 Å². The van der Waals surface area contributed by atoms with E-state index in [0.717, 1.165) is 12.2 Å². The Morgan fingerprint density at radius 3 is 2.24 bits per heavy atom. The van der Waals surface area contributed by atoms with E-state index >= 15 is 0 Å². The van der Waals surface area contributed by atoms with Crippen LogP contribution in [0, 0.1) is 11.3 Å². The van der Waals surface area contributed by atoms with E-state index in [-0.39, 0.29) is 17.1 Å². The number of hydrogen-bond donors (Lipinski definition) is 1. The second-order valence-electron chi connectivity index (χ2n) is 4.27. The van der Waals surface area contributed by atoms with Crippen molar-refractivity contribution in [2.45, 2.75) is 6.54 Å². The molecule has 0 saturated carbocycles. The predicted molar refractivity (Wildman–Crippen MR) is 82.6 cm³/mol. The zero-order valence-corrected chi connectivity index (χ0v) is 12.6. The molecule has 0 amide bonds. The van der Waals surface area contributed by atoms with Crippen molar-refractivity contribution in [3.05, 3.63) is 90.0 Å². The summed E-state index contributed by atoms with van der Waals surface area (Å²) < 4.78 is 0. The molecule has 0 aliphatic rings. The van der Waals surface area contributed by atoms with Crippen LogP contribution in [0.25, 0.3) is 0 Å². The molecule has 0 atom stereocenters. The van der Waals surface area contributed by atoms with Gasteiger partial charge in [-0.2, -0.15) is 35.6 Å². The van der Waals surface area contributed by atoms with Gasteiger partial charge in [-0.15, -0.1) is 5.56 Å². The van der Waals surface area contributed by atoms with E-state index in [1.54, 1.807) is 0 Å². The van der Waals surface area contributed by atoms with Gasteiger partial charge in [-0.3, -0.25) is 0 Å². The summed E-state index contributed by atoms with van der Waals surface area (Å²) in [6, 6.07) is 27.8. The van der Waals surface area contributed by atoms with Gasteiger partial charge >= 0.3 is 17.1 Å². The van der Waals surface area contributed by atoms with E-state index in [1.165, 1.54) is 5.56 Å². The predicted octanol–water partition coefficient (Wildman–Crippen LogP) is 4.29. The number of nitriles is 1. The molecule has 3 aromatic rings. The number of hydrogen-bond acceptors (Lipinski definition) is 2. The van der Waals surface area contributed by atoms with Crippen molar-refractivity contribution >= 4 is 5.69 Å². The van der Waals surface area contributed by atoms with E-state index in [1.807, 2.05) is 66.7 Å². The molecule has 106 valence electrons. The molecular formula is C18H16FeN2. The summed E-state index contributed by atoms with van der Waals surface area (Å²) in [5.41, 5.74) is 2.80. The fourth-order valence-corrected chi connectivity index (χ4v) is 1.78. The van der Waals surface area contributed by atoms with Crippen LogP contribution < -0.4 is 5.32 Å². The fraction of sp³-hybridized carbons (Fsp3) is 0.0556. The molecule has 3 aromatic carbocycles. The molecule has 0 heterocycles.